The fourth-order valence-corrected chi connectivity index (χ4v) is 2.30. The molecule has 5 heteroatoms. The highest BCUT2D eigenvalue weighted by molar-refractivity contribution is 6.05. The summed E-state index contributed by atoms with van der Waals surface area (Å²) in [6.07, 6.45) is 2.86. The van der Waals surface area contributed by atoms with Crippen LogP contribution in [0.3, 0.4) is 0 Å². The monoisotopic (exact) mass is 254 g/mol. The number of hydrogen-bond acceptors (Lipinski definition) is 3. The minimum absolute atomic E-state index is 0.258. The molecule has 0 spiro atoms. The molecule has 2 heterocycles. The zero-order chi connectivity index (χ0) is 13.6. The molecule has 2 aromatic heterocycles. The average Bonchev–Trinajstić information content (AvgIpc) is 2.38. The maximum Gasteiger partial charge on any atom is 0.341 e. The molecule has 0 aliphatic rings. The van der Waals surface area contributed by atoms with Crippen molar-refractivity contribution in [2.75, 3.05) is 0 Å². The minimum atomic E-state index is -1.23. The summed E-state index contributed by atoms with van der Waals surface area (Å²) in [6.45, 7) is 1.79. The number of aryl methyl sites for hydroxylation is 1. The summed E-state index contributed by atoms with van der Waals surface area (Å²) in [5.41, 5.74) is 1.24. The van der Waals surface area contributed by atoms with Crippen LogP contribution in [0.25, 0.3) is 21.8 Å². The number of carboxylic acids is 1. The van der Waals surface area contributed by atoms with Crippen molar-refractivity contribution in [1.82, 2.24) is 9.97 Å². The highest BCUT2D eigenvalue weighted by Crippen LogP contribution is 2.23. The van der Waals surface area contributed by atoms with Gasteiger partial charge < -0.3 is 10.1 Å². The molecule has 0 amide bonds. The second-order valence-corrected chi connectivity index (χ2v) is 4.36. The molecular weight excluding hydrogens is 244 g/mol. The standard InChI is InChI=1S/C14H10N2O3/c1-7-5-8-3-2-4-15-11(8)12-10(7)13(17)9(6-16-12)14(18)19/h2-6H,1H3,(H,16,17)(H,18,19). The summed E-state index contributed by atoms with van der Waals surface area (Å²) in [5.74, 6) is -1.23. The van der Waals surface area contributed by atoms with Gasteiger partial charge in [0.15, 0.2) is 0 Å². The van der Waals surface area contributed by atoms with Crippen LogP contribution in [0.4, 0.5) is 0 Å². The van der Waals surface area contributed by atoms with Crippen molar-refractivity contribution in [3.05, 3.63) is 51.9 Å². The van der Waals surface area contributed by atoms with E-state index >= 15 is 0 Å². The lowest BCUT2D eigenvalue weighted by Crippen LogP contribution is -2.16. The lowest BCUT2D eigenvalue weighted by molar-refractivity contribution is 0.0695. The van der Waals surface area contributed by atoms with Gasteiger partial charge in [0.2, 0.25) is 5.43 Å². The van der Waals surface area contributed by atoms with E-state index in [4.69, 9.17) is 5.11 Å². The number of carboxylic acid groups (broad SMARTS) is 1. The third-order valence-electron chi connectivity index (χ3n) is 3.16. The number of aromatic nitrogens is 2. The van der Waals surface area contributed by atoms with Gasteiger partial charge in [-0.3, -0.25) is 9.78 Å². The van der Waals surface area contributed by atoms with Gasteiger partial charge in [0.05, 0.1) is 16.4 Å². The number of aromatic amines is 1. The van der Waals surface area contributed by atoms with Crippen molar-refractivity contribution in [1.29, 1.82) is 0 Å². The van der Waals surface area contributed by atoms with E-state index in [0.29, 0.717) is 16.4 Å². The van der Waals surface area contributed by atoms with Crippen molar-refractivity contribution >= 4 is 27.8 Å². The molecule has 0 aliphatic heterocycles. The van der Waals surface area contributed by atoms with E-state index in [2.05, 4.69) is 9.97 Å². The zero-order valence-corrected chi connectivity index (χ0v) is 10.1. The van der Waals surface area contributed by atoms with Crippen LogP contribution in [0.2, 0.25) is 0 Å². The van der Waals surface area contributed by atoms with E-state index in [-0.39, 0.29) is 5.56 Å². The number of fused-ring (bicyclic) bond motifs is 3. The lowest BCUT2D eigenvalue weighted by Gasteiger charge is -2.06. The predicted octanol–water partition coefficient (Wildman–Crippen LogP) is 2.08. The molecule has 5 nitrogen and oxygen atoms in total. The Morgan fingerprint density at radius 2 is 2.21 bits per heavy atom. The Morgan fingerprint density at radius 1 is 1.42 bits per heavy atom. The van der Waals surface area contributed by atoms with Crippen LogP contribution in [0, 0.1) is 6.92 Å². The molecule has 0 radical (unpaired) electrons. The average molecular weight is 254 g/mol. The van der Waals surface area contributed by atoms with Crippen LogP contribution in [-0.4, -0.2) is 21.0 Å². The van der Waals surface area contributed by atoms with Crippen LogP contribution < -0.4 is 5.43 Å². The summed E-state index contributed by atoms with van der Waals surface area (Å²) < 4.78 is 0. The van der Waals surface area contributed by atoms with Gasteiger partial charge in [0.25, 0.3) is 0 Å². The van der Waals surface area contributed by atoms with Crippen molar-refractivity contribution in [2.24, 2.45) is 0 Å². The van der Waals surface area contributed by atoms with Gasteiger partial charge in [-0.2, -0.15) is 0 Å². The van der Waals surface area contributed by atoms with E-state index in [1.54, 1.807) is 13.1 Å². The van der Waals surface area contributed by atoms with E-state index in [9.17, 15) is 9.59 Å². The predicted molar refractivity (Wildman–Crippen MR) is 71.6 cm³/mol. The van der Waals surface area contributed by atoms with Crippen LogP contribution in [0.5, 0.6) is 0 Å². The quantitative estimate of drug-likeness (QED) is 0.651. The van der Waals surface area contributed by atoms with Gasteiger partial charge in [0, 0.05) is 17.8 Å². The van der Waals surface area contributed by atoms with E-state index in [0.717, 1.165) is 10.9 Å². The van der Waals surface area contributed by atoms with Crippen molar-refractivity contribution < 1.29 is 9.90 Å². The second kappa shape index (κ2) is 3.91. The van der Waals surface area contributed by atoms with Gasteiger partial charge in [0.1, 0.15) is 5.56 Å². The molecule has 0 aliphatic carbocycles. The van der Waals surface area contributed by atoms with Gasteiger partial charge in [-0.15, -0.1) is 0 Å². The summed E-state index contributed by atoms with van der Waals surface area (Å²) in [5, 5.41) is 10.3. The first-order valence-corrected chi connectivity index (χ1v) is 5.72. The van der Waals surface area contributed by atoms with Gasteiger partial charge in [-0.1, -0.05) is 6.07 Å². The molecule has 19 heavy (non-hydrogen) atoms. The van der Waals surface area contributed by atoms with Crippen LogP contribution in [-0.2, 0) is 0 Å². The molecule has 2 N–H and O–H groups in total. The Morgan fingerprint density at radius 3 is 2.95 bits per heavy atom. The third kappa shape index (κ3) is 1.59. The van der Waals surface area contributed by atoms with Crippen LogP contribution >= 0.6 is 0 Å². The van der Waals surface area contributed by atoms with Gasteiger partial charge in [-0.05, 0) is 24.6 Å². The Kier molecular flexibility index (Phi) is 2.35. The maximum absolute atomic E-state index is 12.2. The molecule has 0 atom stereocenters. The number of aromatic carboxylic acids is 1. The fourth-order valence-electron chi connectivity index (χ4n) is 2.30. The molecule has 0 saturated heterocycles. The SMILES string of the molecule is Cc1cc2cccnc2c2[nH]cc(C(=O)O)c(=O)c12. The number of hydrogen-bond donors (Lipinski definition) is 2. The zero-order valence-electron chi connectivity index (χ0n) is 10.1. The molecule has 0 fully saturated rings. The normalized spacial score (nSPS) is 11.0. The van der Waals surface area contributed by atoms with Crippen molar-refractivity contribution in [2.45, 2.75) is 6.92 Å². The number of rotatable bonds is 1. The first-order chi connectivity index (χ1) is 9.09. The first-order valence-electron chi connectivity index (χ1n) is 5.72. The fraction of sp³-hybridized carbons (Fsp3) is 0.0714. The number of nitrogens with zero attached hydrogens (tertiary/aromatic N) is 1. The van der Waals surface area contributed by atoms with Gasteiger partial charge >= 0.3 is 5.97 Å². The number of carbonyl (C=O) groups is 1. The summed E-state index contributed by atoms with van der Waals surface area (Å²) >= 11 is 0. The van der Waals surface area contributed by atoms with Crippen molar-refractivity contribution in [3.8, 4) is 0 Å². The summed E-state index contributed by atoms with van der Waals surface area (Å²) in [6, 6.07) is 5.56. The lowest BCUT2D eigenvalue weighted by atomic mass is 10.0. The van der Waals surface area contributed by atoms with E-state index in [1.807, 2.05) is 18.2 Å². The Hall–Kier alpha value is -2.69. The summed E-state index contributed by atoms with van der Waals surface area (Å²) in [7, 11) is 0. The first kappa shape index (κ1) is 11.4. The molecule has 94 valence electrons. The topological polar surface area (TPSA) is 83.1 Å². The maximum atomic E-state index is 12.2. The highest BCUT2D eigenvalue weighted by Gasteiger charge is 2.15. The Balaban J connectivity index is 2.59. The molecule has 1 aromatic carbocycles. The minimum Gasteiger partial charge on any atom is -0.477 e. The van der Waals surface area contributed by atoms with Crippen molar-refractivity contribution in [3.63, 3.8) is 0 Å². The smallest absolute Gasteiger partial charge is 0.341 e. The number of benzene rings is 1. The molecule has 3 rings (SSSR count). The number of nitrogens with one attached hydrogen (secondary N) is 1. The second-order valence-electron chi connectivity index (χ2n) is 4.36. The highest BCUT2D eigenvalue weighted by atomic mass is 16.4. The molecular formula is C14H10N2O3. The number of H-pyrrole nitrogens is 1. The molecule has 0 unspecified atom stereocenters. The Bertz CT molecular complexity index is 881. The van der Waals surface area contributed by atoms with E-state index < -0.39 is 11.4 Å². The molecule has 0 saturated carbocycles. The Labute approximate surface area is 107 Å². The molecule has 3 aromatic rings. The number of pyridine rings is 2. The molecule has 0 bridgehead atoms. The van der Waals surface area contributed by atoms with Gasteiger partial charge in [-0.25, -0.2) is 4.79 Å². The van der Waals surface area contributed by atoms with E-state index in [1.165, 1.54) is 6.20 Å². The third-order valence-corrected chi connectivity index (χ3v) is 3.16. The summed E-state index contributed by atoms with van der Waals surface area (Å²) in [4.78, 5) is 30.3. The largest absolute Gasteiger partial charge is 0.477 e. The van der Waals surface area contributed by atoms with Crippen LogP contribution in [0.15, 0.2) is 35.4 Å². The van der Waals surface area contributed by atoms with Crippen LogP contribution in [0.1, 0.15) is 15.9 Å².